The van der Waals surface area contributed by atoms with Crippen molar-refractivity contribution in [2.45, 2.75) is 74.1 Å². The average molecular weight is 455 g/mol. The van der Waals surface area contributed by atoms with Crippen LogP contribution in [0.3, 0.4) is 0 Å². The van der Waals surface area contributed by atoms with Crippen LogP contribution in [0.25, 0.3) is 0 Å². The molecule has 2 aromatic heterocycles. The van der Waals surface area contributed by atoms with Gasteiger partial charge in [0.15, 0.2) is 0 Å². The van der Waals surface area contributed by atoms with Gasteiger partial charge >= 0.3 is 0 Å². The van der Waals surface area contributed by atoms with E-state index < -0.39 is 10.8 Å². The van der Waals surface area contributed by atoms with E-state index in [2.05, 4.69) is 15.2 Å². The van der Waals surface area contributed by atoms with Crippen LogP contribution in [-0.2, 0) is 30.1 Å². The second-order valence-electron chi connectivity index (χ2n) is 9.68. The van der Waals surface area contributed by atoms with Crippen LogP contribution < -0.4 is 10.2 Å². The number of aliphatic hydroxyl groups is 1. The number of hydrogen-bond donors (Lipinski definition) is 2. The fraction of sp³-hybridized carbons (Fsp3) is 0.652. The summed E-state index contributed by atoms with van der Waals surface area (Å²) in [7, 11) is -1.09. The lowest BCUT2D eigenvalue weighted by Gasteiger charge is -2.42. The second kappa shape index (κ2) is 8.02. The van der Waals surface area contributed by atoms with Gasteiger partial charge in [-0.1, -0.05) is 0 Å². The van der Waals surface area contributed by atoms with E-state index in [9.17, 15) is 9.32 Å². The molecule has 0 aromatic carbocycles. The highest BCUT2D eigenvalue weighted by Crippen LogP contribution is 2.38. The maximum absolute atomic E-state index is 12.8. The predicted molar refractivity (Wildman–Crippen MR) is 123 cm³/mol. The molecule has 0 radical (unpaired) electrons. The molecule has 2 aromatic rings. The maximum Gasteiger partial charge on any atom is 0.227 e. The molecule has 2 fully saturated rings. The van der Waals surface area contributed by atoms with Crippen LogP contribution in [0.15, 0.2) is 11.1 Å². The standard InChI is InChI=1S/C23H30N6O2S/c30-14-23(8-2-9-23)28-21-19-18(3-1-12-32(19)31)26-22(27-21)29-10-6-15(7-11-29)20-24-13-16-4-5-17(16)25-20/h13,15,30H,1-12,14H2,(H,26,27,28)/t32-/m0/s1. The summed E-state index contributed by atoms with van der Waals surface area (Å²) in [6, 6.07) is 0. The van der Waals surface area contributed by atoms with Crippen LogP contribution in [-0.4, -0.2) is 60.2 Å². The summed E-state index contributed by atoms with van der Waals surface area (Å²) in [4.78, 5) is 22.2. The summed E-state index contributed by atoms with van der Waals surface area (Å²) >= 11 is 0. The van der Waals surface area contributed by atoms with Crippen molar-refractivity contribution >= 4 is 22.6 Å². The SMILES string of the molecule is O=[S@]1CCCc2nc(N3CCC(c4ncc5c(n4)CC5)CC3)nc(NC3(CO)CCC3)c21. The fourth-order valence-corrected chi connectivity index (χ4v) is 6.60. The molecule has 0 bridgehead atoms. The van der Waals surface area contributed by atoms with Crippen molar-refractivity contribution in [1.82, 2.24) is 19.9 Å². The highest BCUT2D eigenvalue weighted by atomic mass is 32.2. The highest BCUT2D eigenvalue weighted by molar-refractivity contribution is 7.85. The van der Waals surface area contributed by atoms with E-state index in [1.807, 2.05) is 6.20 Å². The normalized spacial score (nSPS) is 24.2. The van der Waals surface area contributed by atoms with Crippen molar-refractivity contribution in [3.05, 3.63) is 29.0 Å². The van der Waals surface area contributed by atoms with E-state index >= 15 is 0 Å². The van der Waals surface area contributed by atoms with Gasteiger partial charge < -0.3 is 15.3 Å². The number of piperidine rings is 1. The van der Waals surface area contributed by atoms with E-state index in [0.29, 0.717) is 23.4 Å². The minimum absolute atomic E-state index is 0.0694. The quantitative estimate of drug-likeness (QED) is 0.708. The molecular formula is C23H30N6O2S. The topological polar surface area (TPSA) is 104 Å². The molecule has 1 saturated carbocycles. The van der Waals surface area contributed by atoms with Crippen LogP contribution in [0.5, 0.6) is 0 Å². The monoisotopic (exact) mass is 454 g/mol. The lowest BCUT2D eigenvalue weighted by Crippen LogP contribution is -2.49. The minimum Gasteiger partial charge on any atom is -0.394 e. The Morgan fingerprint density at radius 1 is 1.09 bits per heavy atom. The number of nitrogens with one attached hydrogen (secondary N) is 1. The zero-order valence-corrected chi connectivity index (χ0v) is 19.2. The summed E-state index contributed by atoms with van der Waals surface area (Å²) in [5, 5.41) is 13.5. The van der Waals surface area contributed by atoms with Gasteiger partial charge in [-0.2, -0.15) is 4.98 Å². The van der Waals surface area contributed by atoms with Crippen molar-refractivity contribution in [2.75, 3.05) is 35.7 Å². The molecule has 1 atom stereocenters. The molecular weight excluding hydrogens is 424 g/mol. The molecule has 2 N–H and O–H groups in total. The lowest BCUT2D eigenvalue weighted by atomic mass is 9.77. The van der Waals surface area contributed by atoms with Gasteiger partial charge in [-0.15, -0.1) is 0 Å². The van der Waals surface area contributed by atoms with Gasteiger partial charge in [0.25, 0.3) is 0 Å². The molecule has 0 amide bonds. The molecule has 2 aliphatic carbocycles. The van der Waals surface area contributed by atoms with Crippen molar-refractivity contribution < 1.29 is 9.32 Å². The minimum atomic E-state index is -1.09. The molecule has 1 saturated heterocycles. The van der Waals surface area contributed by atoms with E-state index in [1.165, 1.54) is 11.3 Å². The van der Waals surface area contributed by atoms with E-state index in [-0.39, 0.29) is 12.1 Å². The summed E-state index contributed by atoms with van der Waals surface area (Å²) in [5.74, 6) is 3.41. The van der Waals surface area contributed by atoms with Crippen LogP contribution >= 0.6 is 0 Å². The first-order valence-electron chi connectivity index (χ1n) is 11.9. The first-order chi connectivity index (χ1) is 15.6. The summed E-state index contributed by atoms with van der Waals surface area (Å²) in [6.07, 6.45) is 10.8. The molecule has 2 aliphatic heterocycles. The summed E-state index contributed by atoms with van der Waals surface area (Å²) < 4.78 is 12.8. The molecule has 0 unspecified atom stereocenters. The molecule has 6 rings (SSSR count). The second-order valence-corrected chi connectivity index (χ2v) is 11.2. The Balaban J connectivity index is 1.24. The zero-order chi connectivity index (χ0) is 21.7. The number of aliphatic hydroxyl groups excluding tert-OH is 1. The Morgan fingerprint density at radius 3 is 2.59 bits per heavy atom. The third-order valence-electron chi connectivity index (χ3n) is 7.64. The van der Waals surface area contributed by atoms with Gasteiger partial charge in [0.2, 0.25) is 5.95 Å². The molecule has 8 nitrogen and oxygen atoms in total. The van der Waals surface area contributed by atoms with Crippen LogP contribution in [0.1, 0.15) is 67.2 Å². The van der Waals surface area contributed by atoms with Crippen LogP contribution in [0, 0.1) is 0 Å². The maximum atomic E-state index is 12.8. The van der Waals surface area contributed by atoms with Crippen LogP contribution in [0.2, 0.25) is 0 Å². The fourth-order valence-electron chi connectivity index (χ4n) is 5.26. The first-order valence-corrected chi connectivity index (χ1v) is 13.2. The predicted octanol–water partition coefficient (Wildman–Crippen LogP) is 2.13. The Kier molecular flexibility index (Phi) is 5.13. The Morgan fingerprint density at radius 2 is 1.94 bits per heavy atom. The first kappa shape index (κ1) is 20.5. The number of rotatable bonds is 5. The van der Waals surface area contributed by atoms with Gasteiger partial charge in [0, 0.05) is 36.7 Å². The molecule has 32 heavy (non-hydrogen) atoms. The third-order valence-corrected chi connectivity index (χ3v) is 9.18. The van der Waals surface area contributed by atoms with Crippen molar-refractivity contribution in [3.8, 4) is 0 Å². The smallest absolute Gasteiger partial charge is 0.227 e. The number of fused-ring (bicyclic) bond motifs is 2. The number of hydrogen-bond acceptors (Lipinski definition) is 8. The number of nitrogens with zero attached hydrogens (tertiary/aromatic N) is 5. The number of aryl methyl sites for hydroxylation is 3. The molecule has 4 heterocycles. The lowest BCUT2D eigenvalue weighted by molar-refractivity contribution is 0.143. The average Bonchev–Trinajstić information content (AvgIpc) is 2.77. The Bertz CT molecular complexity index is 1060. The van der Waals surface area contributed by atoms with Gasteiger partial charge in [-0.25, -0.2) is 15.0 Å². The highest BCUT2D eigenvalue weighted by Gasteiger charge is 2.39. The van der Waals surface area contributed by atoms with E-state index in [4.69, 9.17) is 15.0 Å². The van der Waals surface area contributed by atoms with Gasteiger partial charge in [0.1, 0.15) is 16.5 Å². The Labute approximate surface area is 190 Å². The van der Waals surface area contributed by atoms with Crippen molar-refractivity contribution in [1.29, 1.82) is 0 Å². The van der Waals surface area contributed by atoms with Gasteiger partial charge in [0.05, 0.1) is 28.6 Å². The van der Waals surface area contributed by atoms with E-state index in [1.54, 1.807) is 0 Å². The van der Waals surface area contributed by atoms with Gasteiger partial charge in [-0.3, -0.25) is 4.21 Å². The van der Waals surface area contributed by atoms with Crippen LogP contribution in [0.4, 0.5) is 11.8 Å². The van der Waals surface area contributed by atoms with Crippen molar-refractivity contribution in [2.24, 2.45) is 0 Å². The molecule has 4 aliphatic rings. The summed E-state index contributed by atoms with van der Waals surface area (Å²) in [6.45, 7) is 1.79. The largest absolute Gasteiger partial charge is 0.394 e. The molecule has 9 heteroatoms. The third kappa shape index (κ3) is 3.50. The zero-order valence-electron chi connectivity index (χ0n) is 18.3. The van der Waals surface area contributed by atoms with Gasteiger partial charge in [-0.05, 0) is 63.4 Å². The number of anilines is 2. The molecule has 170 valence electrons. The molecule has 0 spiro atoms. The Hall–Kier alpha value is -2.13. The summed E-state index contributed by atoms with van der Waals surface area (Å²) in [5.41, 5.74) is 3.11. The van der Waals surface area contributed by atoms with E-state index in [0.717, 1.165) is 87.3 Å². The van der Waals surface area contributed by atoms with Crippen molar-refractivity contribution in [3.63, 3.8) is 0 Å². The number of aromatic nitrogens is 4.